The number of ketones is 1. The first-order chi connectivity index (χ1) is 8.54. The van der Waals surface area contributed by atoms with Crippen molar-refractivity contribution in [3.63, 3.8) is 0 Å². The number of nitrogens with zero attached hydrogens (tertiary/aromatic N) is 2. The van der Waals surface area contributed by atoms with Crippen molar-refractivity contribution in [1.29, 1.82) is 0 Å². The minimum absolute atomic E-state index is 0.0333. The van der Waals surface area contributed by atoms with Gasteiger partial charge in [0.15, 0.2) is 5.78 Å². The molecular weight excluding hydrogens is 250 g/mol. The van der Waals surface area contributed by atoms with Crippen LogP contribution in [-0.2, 0) is 24.2 Å². The fourth-order valence-corrected chi connectivity index (χ4v) is 2.13. The van der Waals surface area contributed by atoms with Crippen molar-refractivity contribution in [2.45, 2.75) is 45.7 Å². The summed E-state index contributed by atoms with van der Waals surface area (Å²) in [6.07, 6.45) is 3.12. The Balaban J connectivity index is 2.92. The van der Waals surface area contributed by atoms with Crippen LogP contribution in [0.2, 0.25) is 5.02 Å². The monoisotopic (exact) mass is 269 g/mol. The summed E-state index contributed by atoms with van der Waals surface area (Å²) in [5.41, 5.74) is 7.36. The summed E-state index contributed by atoms with van der Waals surface area (Å²) in [5, 5.41) is 4.97. The lowest BCUT2D eigenvalue weighted by molar-refractivity contribution is -0.119. The first-order valence-corrected chi connectivity index (χ1v) is 6.56. The van der Waals surface area contributed by atoms with E-state index in [9.17, 15) is 4.79 Å². The number of halogens is 1. The molecule has 0 amide bonds. The second-order valence-corrected chi connectivity index (χ2v) is 4.53. The Bertz CT molecular complexity index is 440. The molecular formula is C13H20ClN3O. The molecule has 0 aliphatic rings. The Hall–Kier alpha value is -1.13. The largest absolute Gasteiger partial charge is 0.321 e. The summed E-state index contributed by atoms with van der Waals surface area (Å²) >= 11 is 6.24. The maximum Gasteiger partial charge on any atom is 0.155 e. The van der Waals surface area contributed by atoms with Gasteiger partial charge in [-0.3, -0.25) is 9.48 Å². The predicted molar refractivity (Wildman–Crippen MR) is 73.8 cm³/mol. The van der Waals surface area contributed by atoms with Crippen LogP contribution in [0.15, 0.2) is 12.7 Å². The zero-order valence-corrected chi connectivity index (χ0v) is 11.7. The summed E-state index contributed by atoms with van der Waals surface area (Å²) in [6.45, 7) is 8.24. The minimum Gasteiger partial charge on any atom is -0.321 e. The molecule has 0 aliphatic carbocycles. The maximum atomic E-state index is 11.9. The van der Waals surface area contributed by atoms with E-state index in [4.69, 9.17) is 17.3 Å². The quantitative estimate of drug-likeness (QED) is 0.772. The third-order valence-electron chi connectivity index (χ3n) is 2.87. The number of Topliss-reactive ketones (excluding diaryl/α,β-unsaturated/α-hetero) is 1. The molecule has 0 aromatic carbocycles. The van der Waals surface area contributed by atoms with Gasteiger partial charge in [0.25, 0.3) is 0 Å². The lowest BCUT2D eigenvalue weighted by Gasteiger charge is -2.09. The standard InChI is InChI=1S/C13H20ClN3O/c1-4-7-9(15)12(18)8-11-13(14)10(5-2)16-17(11)6-3/h4,9H,1,5-8,15H2,2-3H3. The van der Waals surface area contributed by atoms with Gasteiger partial charge in [0.1, 0.15) is 0 Å². The van der Waals surface area contributed by atoms with Crippen LogP contribution in [-0.4, -0.2) is 21.6 Å². The van der Waals surface area contributed by atoms with Crippen molar-refractivity contribution in [1.82, 2.24) is 9.78 Å². The van der Waals surface area contributed by atoms with Crippen molar-refractivity contribution in [3.8, 4) is 0 Å². The lowest BCUT2D eigenvalue weighted by Crippen LogP contribution is -2.31. The van der Waals surface area contributed by atoms with Gasteiger partial charge in [0, 0.05) is 6.54 Å². The van der Waals surface area contributed by atoms with Crippen LogP contribution < -0.4 is 5.73 Å². The molecule has 100 valence electrons. The van der Waals surface area contributed by atoms with Crippen molar-refractivity contribution in [2.24, 2.45) is 5.73 Å². The number of aromatic nitrogens is 2. The lowest BCUT2D eigenvalue weighted by atomic mass is 10.1. The highest BCUT2D eigenvalue weighted by atomic mass is 35.5. The molecule has 0 aliphatic heterocycles. The summed E-state index contributed by atoms with van der Waals surface area (Å²) in [6, 6.07) is -0.510. The van der Waals surface area contributed by atoms with Crippen LogP contribution >= 0.6 is 11.6 Å². The van der Waals surface area contributed by atoms with Crippen LogP contribution in [0.5, 0.6) is 0 Å². The van der Waals surface area contributed by atoms with Gasteiger partial charge in [-0.25, -0.2) is 0 Å². The summed E-state index contributed by atoms with van der Waals surface area (Å²) in [5.74, 6) is -0.0333. The molecule has 0 spiro atoms. The van der Waals surface area contributed by atoms with E-state index in [-0.39, 0.29) is 12.2 Å². The van der Waals surface area contributed by atoms with Gasteiger partial charge in [-0.1, -0.05) is 24.6 Å². The van der Waals surface area contributed by atoms with Crippen molar-refractivity contribution in [2.75, 3.05) is 0 Å². The number of nitrogens with two attached hydrogens (primary N) is 1. The number of hydrogen-bond acceptors (Lipinski definition) is 3. The average molecular weight is 270 g/mol. The van der Waals surface area contributed by atoms with E-state index in [2.05, 4.69) is 11.7 Å². The smallest absolute Gasteiger partial charge is 0.155 e. The third kappa shape index (κ3) is 3.21. The van der Waals surface area contributed by atoms with E-state index >= 15 is 0 Å². The van der Waals surface area contributed by atoms with Gasteiger partial charge in [-0.15, -0.1) is 6.58 Å². The molecule has 1 aromatic heterocycles. The molecule has 0 radical (unpaired) electrons. The molecule has 1 unspecified atom stereocenters. The molecule has 4 nitrogen and oxygen atoms in total. The molecule has 5 heteroatoms. The molecule has 2 N–H and O–H groups in total. The normalized spacial score (nSPS) is 12.4. The Morgan fingerprint density at radius 2 is 2.28 bits per heavy atom. The fourth-order valence-electron chi connectivity index (χ4n) is 1.79. The number of carbonyl (C=O) groups is 1. The molecule has 1 atom stereocenters. The van der Waals surface area contributed by atoms with E-state index in [1.54, 1.807) is 10.8 Å². The van der Waals surface area contributed by atoms with Crippen LogP contribution in [0.25, 0.3) is 0 Å². The van der Waals surface area contributed by atoms with Crippen molar-refractivity contribution in [3.05, 3.63) is 29.1 Å². The Morgan fingerprint density at radius 1 is 1.61 bits per heavy atom. The Labute approximate surface area is 113 Å². The summed E-state index contributed by atoms with van der Waals surface area (Å²) in [7, 11) is 0. The SMILES string of the molecule is C=CCC(N)C(=O)Cc1c(Cl)c(CC)nn1CC. The number of carbonyl (C=O) groups excluding carboxylic acids is 1. The van der Waals surface area contributed by atoms with Gasteiger partial charge in [0.05, 0.1) is 28.9 Å². The third-order valence-corrected chi connectivity index (χ3v) is 3.31. The highest BCUT2D eigenvalue weighted by Crippen LogP contribution is 2.22. The van der Waals surface area contributed by atoms with Gasteiger partial charge in [-0.2, -0.15) is 5.10 Å². The average Bonchev–Trinajstić information content (AvgIpc) is 2.66. The zero-order chi connectivity index (χ0) is 13.7. The molecule has 0 bridgehead atoms. The predicted octanol–water partition coefficient (Wildman–Crippen LogP) is 2.13. The van der Waals surface area contributed by atoms with Crippen LogP contribution in [0, 0.1) is 0 Å². The first kappa shape index (κ1) is 14.9. The van der Waals surface area contributed by atoms with E-state index in [1.807, 2.05) is 13.8 Å². The van der Waals surface area contributed by atoms with Gasteiger partial charge >= 0.3 is 0 Å². The highest BCUT2D eigenvalue weighted by Gasteiger charge is 2.20. The highest BCUT2D eigenvalue weighted by molar-refractivity contribution is 6.32. The number of aryl methyl sites for hydroxylation is 2. The molecule has 1 heterocycles. The second-order valence-electron chi connectivity index (χ2n) is 4.15. The molecule has 1 aromatic rings. The van der Waals surface area contributed by atoms with E-state index in [0.29, 0.717) is 18.0 Å². The van der Waals surface area contributed by atoms with Crippen LogP contribution in [0.4, 0.5) is 0 Å². The number of rotatable bonds is 7. The topological polar surface area (TPSA) is 60.9 Å². The van der Waals surface area contributed by atoms with Gasteiger partial charge in [-0.05, 0) is 19.8 Å². The molecule has 0 saturated carbocycles. The van der Waals surface area contributed by atoms with Gasteiger partial charge in [0.2, 0.25) is 0 Å². The van der Waals surface area contributed by atoms with Crippen LogP contribution in [0.1, 0.15) is 31.7 Å². The maximum absolute atomic E-state index is 11.9. The molecule has 0 fully saturated rings. The number of hydrogen-bond donors (Lipinski definition) is 1. The fraction of sp³-hybridized carbons (Fsp3) is 0.538. The van der Waals surface area contributed by atoms with Crippen LogP contribution in [0.3, 0.4) is 0 Å². The zero-order valence-electron chi connectivity index (χ0n) is 10.9. The summed E-state index contributed by atoms with van der Waals surface area (Å²) in [4.78, 5) is 11.9. The summed E-state index contributed by atoms with van der Waals surface area (Å²) < 4.78 is 1.78. The Kier molecular flexibility index (Phi) is 5.56. The molecule has 0 saturated heterocycles. The Morgan fingerprint density at radius 3 is 2.78 bits per heavy atom. The molecule has 1 rings (SSSR count). The van der Waals surface area contributed by atoms with E-state index in [1.165, 1.54) is 0 Å². The van der Waals surface area contributed by atoms with Gasteiger partial charge < -0.3 is 5.73 Å². The van der Waals surface area contributed by atoms with E-state index in [0.717, 1.165) is 17.8 Å². The van der Waals surface area contributed by atoms with E-state index < -0.39 is 6.04 Å². The van der Waals surface area contributed by atoms with Crippen molar-refractivity contribution >= 4 is 17.4 Å². The van der Waals surface area contributed by atoms with Crippen molar-refractivity contribution < 1.29 is 4.79 Å². The minimum atomic E-state index is -0.510. The second kappa shape index (κ2) is 6.71. The first-order valence-electron chi connectivity index (χ1n) is 6.18. The molecule has 18 heavy (non-hydrogen) atoms.